The van der Waals surface area contributed by atoms with Crippen molar-refractivity contribution in [2.24, 2.45) is 0 Å². The Balaban J connectivity index is 1.52. The van der Waals surface area contributed by atoms with Crippen molar-refractivity contribution in [3.63, 3.8) is 0 Å². The van der Waals surface area contributed by atoms with E-state index in [4.69, 9.17) is 0 Å². The molecule has 1 aromatic heterocycles. The molecule has 1 aliphatic heterocycles. The van der Waals surface area contributed by atoms with E-state index in [1.807, 2.05) is 0 Å². The van der Waals surface area contributed by atoms with Crippen molar-refractivity contribution >= 4 is 0 Å². The first-order valence-electron chi connectivity index (χ1n) is 8.53. The molecule has 2 rings (SSSR count). The van der Waals surface area contributed by atoms with E-state index in [0.29, 0.717) is 0 Å². The summed E-state index contributed by atoms with van der Waals surface area (Å²) in [6.45, 7) is 5.24. The summed E-state index contributed by atoms with van der Waals surface area (Å²) >= 11 is 0. The van der Waals surface area contributed by atoms with Crippen LogP contribution in [-0.2, 0) is 19.5 Å². The average molecular weight is 278 g/mol. The van der Waals surface area contributed by atoms with Crippen molar-refractivity contribution in [1.82, 2.24) is 20.1 Å². The van der Waals surface area contributed by atoms with Crippen LogP contribution in [0, 0.1) is 0 Å². The molecule has 1 aliphatic rings. The largest absolute Gasteiger partial charge is 0.313 e. The SMILES string of the molecule is CCCCCCCCCCCc1nnc2n1CCNC2. The van der Waals surface area contributed by atoms with Gasteiger partial charge in [-0.2, -0.15) is 0 Å². The second-order valence-electron chi connectivity index (χ2n) is 5.94. The lowest BCUT2D eigenvalue weighted by Gasteiger charge is -2.15. The van der Waals surface area contributed by atoms with Crippen molar-refractivity contribution in [3.8, 4) is 0 Å². The molecule has 20 heavy (non-hydrogen) atoms. The molecule has 4 heteroatoms. The van der Waals surface area contributed by atoms with Crippen LogP contribution in [-0.4, -0.2) is 21.3 Å². The van der Waals surface area contributed by atoms with Gasteiger partial charge in [0.2, 0.25) is 0 Å². The van der Waals surface area contributed by atoms with Gasteiger partial charge in [-0.05, 0) is 6.42 Å². The molecule has 2 heterocycles. The Kier molecular flexibility index (Phi) is 7.06. The number of rotatable bonds is 10. The van der Waals surface area contributed by atoms with Gasteiger partial charge in [-0.3, -0.25) is 0 Å². The highest BCUT2D eigenvalue weighted by atomic mass is 15.3. The lowest BCUT2D eigenvalue weighted by molar-refractivity contribution is 0.487. The third kappa shape index (κ3) is 4.89. The van der Waals surface area contributed by atoms with Crippen LogP contribution in [0.5, 0.6) is 0 Å². The molecule has 0 fully saturated rings. The van der Waals surface area contributed by atoms with E-state index in [0.717, 1.165) is 31.9 Å². The maximum Gasteiger partial charge on any atom is 0.147 e. The summed E-state index contributed by atoms with van der Waals surface area (Å²) in [6, 6.07) is 0. The van der Waals surface area contributed by atoms with Crippen molar-refractivity contribution in [2.45, 2.75) is 84.2 Å². The third-order valence-electron chi connectivity index (χ3n) is 4.20. The zero-order valence-electron chi connectivity index (χ0n) is 13.0. The number of hydrogen-bond acceptors (Lipinski definition) is 3. The predicted octanol–water partition coefficient (Wildman–Crippen LogP) is 3.45. The van der Waals surface area contributed by atoms with Gasteiger partial charge in [-0.15, -0.1) is 10.2 Å². The standard InChI is InChI=1S/C16H30N4/c1-2-3-4-5-6-7-8-9-10-11-15-18-19-16-14-17-12-13-20(15)16/h17H,2-14H2,1H3. The van der Waals surface area contributed by atoms with Crippen molar-refractivity contribution in [2.75, 3.05) is 6.54 Å². The quantitative estimate of drug-likeness (QED) is 0.667. The molecule has 1 aromatic rings. The zero-order valence-corrected chi connectivity index (χ0v) is 13.0. The van der Waals surface area contributed by atoms with E-state index in [2.05, 4.69) is 27.0 Å². The van der Waals surface area contributed by atoms with Gasteiger partial charge in [0.25, 0.3) is 0 Å². The van der Waals surface area contributed by atoms with Crippen molar-refractivity contribution in [3.05, 3.63) is 11.6 Å². The van der Waals surface area contributed by atoms with Gasteiger partial charge in [-0.25, -0.2) is 0 Å². The lowest BCUT2D eigenvalue weighted by atomic mass is 10.1. The maximum absolute atomic E-state index is 4.34. The first-order valence-corrected chi connectivity index (χ1v) is 8.53. The van der Waals surface area contributed by atoms with E-state index in [1.165, 1.54) is 63.6 Å². The van der Waals surface area contributed by atoms with E-state index in [-0.39, 0.29) is 0 Å². The molecular formula is C16H30N4. The van der Waals surface area contributed by atoms with Crippen molar-refractivity contribution < 1.29 is 0 Å². The second-order valence-corrected chi connectivity index (χ2v) is 5.94. The van der Waals surface area contributed by atoms with Crippen LogP contribution >= 0.6 is 0 Å². The maximum atomic E-state index is 4.34. The van der Waals surface area contributed by atoms with Gasteiger partial charge in [0, 0.05) is 19.5 Å². The van der Waals surface area contributed by atoms with Crippen LogP contribution in [0.25, 0.3) is 0 Å². The molecule has 0 spiro atoms. The van der Waals surface area contributed by atoms with Crippen LogP contribution in [0.3, 0.4) is 0 Å². The van der Waals surface area contributed by atoms with E-state index < -0.39 is 0 Å². The molecule has 0 bridgehead atoms. The Hall–Kier alpha value is -0.900. The number of nitrogens with one attached hydrogen (secondary N) is 1. The molecule has 0 atom stereocenters. The molecule has 114 valence electrons. The highest BCUT2D eigenvalue weighted by Gasteiger charge is 2.14. The highest BCUT2D eigenvalue weighted by molar-refractivity contribution is 4.98. The first-order chi connectivity index (χ1) is 9.92. The Bertz CT molecular complexity index is 373. The van der Waals surface area contributed by atoms with Crippen LogP contribution in [0.1, 0.15) is 76.4 Å². The van der Waals surface area contributed by atoms with Gasteiger partial charge in [-0.1, -0.05) is 58.3 Å². The molecule has 0 amide bonds. The fourth-order valence-electron chi connectivity index (χ4n) is 2.93. The minimum Gasteiger partial charge on any atom is -0.313 e. The summed E-state index contributed by atoms with van der Waals surface area (Å²) in [7, 11) is 0. The molecule has 0 saturated carbocycles. The summed E-state index contributed by atoms with van der Waals surface area (Å²) in [5, 5.41) is 11.9. The number of hydrogen-bond donors (Lipinski definition) is 1. The fraction of sp³-hybridized carbons (Fsp3) is 0.875. The Morgan fingerprint density at radius 1 is 0.950 bits per heavy atom. The van der Waals surface area contributed by atoms with Gasteiger partial charge >= 0.3 is 0 Å². The number of unbranched alkanes of at least 4 members (excludes halogenated alkanes) is 8. The van der Waals surface area contributed by atoms with Gasteiger partial charge in [0.15, 0.2) is 0 Å². The minimum absolute atomic E-state index is 0.880. The zero-order chi connectivity index (χ0) is 14.0. The van der Waals surface area contributed by atoms with Gasteiger partial charge in [0.1, 0.15) is 11.6 Å². The summed E-state index contributed by atoms with van der Waals surface area (Å²) in [6.07, 6.45) is 13.5. The van der Waals surface area contributed by atoms with Crippen LogP contribution in [0.4, 0.5) is 0 Å². The Morgan fingerprint density at radius 3 is 2.40 bits per heavy atom. The summed E-state index contributed by atoms with van der Waals surface area (Å²) in [5.41, 5.74) is 0. The number of fused-ring (bicyclic) bond motifs is 1. The van der Waals surface area contributed by atoms with Crippen LogP contribution < -0.4 is 5.32 Å². The predicted molar refractivity (Wildman–Crippen MR) is 82.7 cm³/mol. The number of aryl methyl sites for hydroxylation is 1. The molecule has 0 aromatic carbocycles. The molecular weight excluding hydrogens is 248 g/mol. The Morgan fingerprint density at radius 2 is 1.65 bits per heavy atom. The monoisotopic (exact) mass is 278 g/mol. The summed E-state index contributed by atoms with van der Waals surface area (Å²) in [4.78, 5) is 0. The number of nitrogens with zero attached hydrogens (tertiary/aromatic N) is 3. The minimum atomic E-state index is 0.880. The van der Waals surface area contributed by atoms with Crippen LogP contribution in [0.2, 0.25) is 0 Å². The van der Waals surface area contributed by atoms with E-state index in [9.17, 15) is 0 Å². The normalized spacial score (nSPS) is 14.4. The van der Waals surface area contributed by atoms with Gasteiger partial charge < -0.3 is 9.88 Å². The van der Waals surface area contributed by atoms with Gasteiger partial charge in [0.05, 0.1) is 6.54 Å². The molecule has 0 unspecified atom stereocenters. The van der Waals surface area contributed by atoms with Crippen molar-refractivity contribution in [1.29, 1.82) is 0 Å². The highest BCUT2D eigenvalue weighted by Crippen LogP contribution is 2.12. The van der Waals surface area contributed by atoms with E-state index in [1.54, 1.807) is 0 Å². The average Bonchev–Trinajstić information content (AvgIpc) is 2.89. The molecule has 0 saturated heterocycles. The third-order valence-corrected chi connectivity index (χ3v) is 4.20. The smallest absolute Gasteiger partial charge is 0.147 e. The molecule has 0 radical (unpaired) electrons. The summed E-state index contributed by atoms with van der Waals surface area (Å²) < 4.78 is 2.31. The van der Waals surface area contributed by atoms with Crippen LogP contribution in [0.15, 0.2) is 0 Å². The lowest BCUT2D eigenvalue weighted by Crippen LogP contribution is -2.29. The first kappa shape index (κ1) is 15.5. The molecule has 4 nitrogen and oxygen atoms in total. The molecule has 0 aliphatic carbocycles. The van der Waals surface area contributed by atoms with E-state index >= 15 is 0 Å². The summed E-state index contributed by atoms with van der Waals surface area (Å²) in [5.74, 6) is 2.31. The number of aromatic nitrogens is 3. The Labute approximate surface area is 123 Å². The second kappa shape index (κ2) is 9.11. The fourth-order valence-corrected chi connectivity index (χ4v) is 2.93. The topological polar surface area (TPSA) is 42.7 Å². The molecule has 1 N–H and O–H groups in total.